The molecule has 6 nitrogen and oxygen atoms in total. The second-order valence-corrected chi connectivity index (χ2v) is 4.98. The molecule has 1 rings (SSSR count). The molecule has 1 saturated heterocycles. The zero-order valence-electron chi connectivity index (χ0n) is 11.4. The van der Waals surface area contributed by atoms with Gasteiger partial charge in [-0.3, -0.25) is 0 Å². The molecule has 1 aliphatic rings. The fraction of sp³-hybridized carbons (Fsp3) is 1.00. The average Bonchev–Trinajstić information content (AvgIpc) is 2.42. The van der Waals surface area contributed by atoms with Crippen molar-refractivity contribution in [3.63, 3.8) is 0 Å². The van der Waals surface area contributed by atoms with Gasteiger partial charge in [-0.15, -0.1) is 0 Å². The van der Waals surface area contributed by atoms with Crippen LogP contribution in [0.4, 0.5) is 0 Å². The van der Waals surface area contributed by atoms with Gasteiger partial charge in [-0.25, -0.2) is 0 Å². The number of unbranched alkanes of at least 4 members (excludes halogenated alkanes) is 4. The van der Waals surface area contributed by atoms with Crippen molar-refractivity contribution in [3.05, 3.63) is 0 Å². The van der Waals surface area contributed by atoms with Crippen LogP contribution in [0.25, 0.3) is 0 Å². The summed E-state index contributed by atoms with van der Waals surface area (Å²) < 4.78 is 10.6. The van der Waals surface area contributed by atoms with Gasteiger partial charge < -0.3 is 29.9 Å². The van der Waals surface area contributed by atoms with Crippen LogP contribution in [0.2, 0.25) is 0 Å². The molecule has 1 fully saturated rings. The molecule has 114 valence electrons. The Kier molecular flexibility index (Phi) is 7.82. The molecular formula is C13H26O6. The third kappa shape index (κ3) is 4.98. The van der Waals surface area contributed by atoms with Crippen molar-refractivity contribution >= 4 is 0 Å². The lowest BCUT2D eigenvalue weighted by Crippen LogP contribution is -2.59. The van der Waals surface area contributed by atoms with Gasteiger partial charge in [0.2, 0.25) is 0 Å². The van der Waals surface area contributed by atoms with Crippen LogP contribution in [0.5, 0.6) is 0 Å². The maximum Gasteiger partial charge on any atom is 0.186 e. The van der Waals surface area contributed by atoms with Gasteiger partial charge in [0.25, 0.3) is 0 Å². The number of aliphatic hydroxyl groups excluding tert-OH is 4. The minimum absolute atomic E-state index is 0.423. The van der Waals surface area contributed by atoms with Crippen LogP contribution in [0.1, 0.15) is 39.0 Å². The highest BCUT2D eigenvalue weighted by Crippen LogP contribution is 2.22. The predicted octanol–water partition coefficient (Wildman–Crippen LogP) is -0.227. The number of hydrogen-bond donors (Lipinski definition) is 4. The summed E-state index contributed by atoms with van der Waals surface area (Å²) in [5.74, 6) is 0. The first kappa shape index (κ1) is 16.8. The third-order valence-corrected chi connectivity index (χ3v) is 3.38. The fourth-order valence-electron chi connectivity index (χ4n) is 2.11. The highest BCUT2D eigenvalue weighted by molar-refractivity contribution is 4.88. The smallest absolute Gasteiger partial charge is 0.186 e. The average molecular weight is 278 g/mol. The Bertz CT molecular complexity index is 235. The molecule has 19 heavy (non-hydrogen) atoms. The largest absolute Gasteiger partial charge is 0.394 e. The topological polar surface area (TPSA) is 99.4 Å². The van der Waals surface area contributed by atoms with Crippen molar-refractivity contribution in [2.75, 3.05) is 13.2 Å². The molecule has 0 radical (unpaired) electrons. The Labute approximate surface area is 114 Å². The molecule has 6 heteroatoms. The molecule has 0 aliphatic carbocycles. The van der Waals surface area contributed by atoms with Gasteiger partial charge in [0.15, 0.2) is 6.29 Å². The van der Waals surface area contributed by atoms with Crippen LogP contribution in [-0.4, -0.2) is 64.3 Å². The van der Waals surface area contributed by atoms with E-state index in [4.69, 9.17) is 14.6 Å². The van der Waals surface area contributed by atoms with Crippen LogP contribution in [0.15, 0.2) is 0 Å². The van der Waals surface area contributed by atoms with Crippen molar-refractivity contribution in [1.29, 1.82) is 0 Å². The summed E-state index contributed by atoms with van der Waals surface area (Å²) in [5, 5.41) is 37.9. The van der Waals surface area contributed by atoms with Crippen molar-refractivity contribution in [2.45, 2.75) is 69.7 Å². The van der Waals surface area contributed by atoms with Crippen molar-refractivity contribution < 1.29 is 29.9 Å². The summed E-state index contributed by atoms with van der Waals surface area (Å²) >= 11 is 0. The predicted molar refractivity (Wildman–Crippen MR) is 68.5 cm³/mol. The molecule has 0 spiro atoms. The van der Waals surface area contributed by atoms with Crippen LogP contribution in [0, 0.1) is 0 Å². The Morgan fingerprint density at radius 3 is 2.26 bits per heavy atom. The van der Waals surface area contributed by atoms with E-state index in [9.17, 15) is 15.3 Å². The molecule has 1 aliphatic heterocycles. The zero-order valence-corrected chi connectivity index (χ0v) is 11.4. The lowest BCUT2D eigenvalue weighted by atomic mass is 9.99. The molecule has 0 aromatic carbocycles. The van der Waals surface area contributed by atoms with Crippen LogP contribution in [0.3, 0.4) is 0 Å². The van der Waals surface area contributed by atoms with E-state index >= 15 is 0 Å². The molecular weight excluding hydrogens is 252 g/mol. The van der Waals surface area contributed by atoms with Gasteiger partial charge >= 0.3 is 0 Å². The zero-order chi connectivity index (χ0) is 14.3. The first-order chi connectivity index (χ1) is 9.11. The van der Waals surface area contributed by atoms with E-state index in [1.807, 2.05) is 0 Å². The van der Waals surface area contributed by atoms with E-state index in [0.717, 1.165) is 19.3 Å². The molecule has 0 aromatic rings. The molecule has 0 amide bonds. The molecule has 5 atom stereocenters. The van der Waals surface area contributed by atoms with E-state index < -0.39 is 37.3 Å². The standard InChI is InChI=1S/C13H26O6/c1-2-3-4-5-6-7-18-13-12(17)11(16)10(15)9(8-14)19-13/h9-17H,2-8H2,1H3/t9-,10-,11-,12-,13-/m1/s1. The molecule has 0 aromatic heterocycles. The number of hydrogen-bond acceptors (Lipinski definition) is 6. The van der Waals surface area contributed by atoms with Crippen molar-refractivity contribution in [1.82, 2.24) is 0 Å². The normalized spacial score (nSPS) is 35.5. The summed E-state index contributed by atoms with van der Waals surface area (Å²) in [5.41, 5.74) is 0. The molecule has 0 unspecified atom stereocenters. The molecule has 0 bridgehead atoms. The summed E-state index contributed by atoms with van der Waals surface area (Å²) in [6, 6.07) is 0. The molecule has 1 heterocycles. The van der Waals surface area contributed by atoms with Crippen LogP contribution in [-0.2, 0) is 9.47 Å². The van der Waals surface area contributed by atoms with E-state index in [-0.39, 0.29) is 0 Å². The number of ether oxygens (including phenoxy) is 2. The van der Waals surface area contributed by atoms with Gasteiger partial charge in [0, 0.05) is 6.61 Å². The van der Waals surface area contributed by atoms with E-state index in [1.54, 1.807) is 0 Å². The maximum absolute atomic E-state index is 9.72. The highest BCUT2D eigenvalue weighted by atomic mass is 16.7. The summed E-state index contributed by atoms with van der Waals surface area (Å²) in [4.78, 5) is 0. The SMILES string of the molecule is CCCCCCCO[C@@H]1O[C@H](CO)[C@@H](O)[C@@H](O)[C@H]1O. The Morgan fingerprint density at radius 2 is 1.63 bits per heavy atom. The Hall–Kier alpha value is -0.240. The highest BCUT2D eigenvalue weighted by Gasteiger charge is 2.43. The van der Waals surface area contributed by atoms with E-state index in [1.165, 1.54) is 12.8 Å². The monoisotopic (exact) mass is 278 g/mol. The molecule has 0 saturated carbocycles. The minimum Gasteiger partial charge on any atom is -0.394 e. The summed E-state index contributed by atoms with van der Waals surface area (Å²) in [6.45, 7) is 2.14. The Morgan fingerprint density at radius 1 is 0.947 bits per heavy atom. The van der Waals surface area contributed by atoms with E-state index in [0.29, 0.717) is 6.61 Å². The summed E-state index contributed by atoms with van der Waals surface area (Å²) in [6.07, 6.45) is -0.471. The van der Waals surface area contributed by atoms with Gasteiger partial charge in [-0.05, 0) is 6.42 Å². The first-order valence-corrected chi connectivity index (χ1v) is 7.04. The molecule has 4 N–H and O–H groups in total. The van der Waals surface area contributed by atoms with Gasteiger partial charge in [-0.1, -0.05) is 32.6 Å². The third-order valence-electron chi connectivity index (χ3n) is 3.38. The van der Waals surface area contributed by atoms with Crippen LogP contribution >= 0.6 is 0 Å². The van der Waals surface area contributed by atoms with Gasteiger partial charge in [-0.2, -0.15) is 0 Å². The van der Waals surface area contributed by atoms with Gasteiger partial charge in [0.05, 0.1) is 6.61 Å². The van der Waals surface area contributed by atoms with Crippen LogP contribution < -0.4 is 0 Å². The second kappa shape index (κ2) is 8.84. The maximum atomic E-state index is 9.72. The minimum atomic E-state index is -1.36. The summed E-state index contributed by atoms with van der Waals surface area (Å²) in [7, 11) is 0. The fourth-order valence-corrected chi connectivity index (χ4v) is 2.11. The van der Waals surface area contributed by atoms with E-state index in [2.05, 4.69) is 6.92 Å². The first-order valence-electron chi connectivity index (χ1n) is 7.04. The van der Waals surface area contributed by atoms with Crippen molar-refractivity contribution in [3.8, 4) is 0 Å². The van der Waals surface area contributed by atoms with Crippen molar-refractivity contribution in [2.24, 2.45) is 0 Å². The number of rotatable bonds is 8. The Balaban J connectivity index is 2.28. The quantitative estimate of drug-likeness (QED) is 0.458. The lowest BCUT2D eigenvalue weighted by molar-refractivity contribution is -0.301. The van der Waals surface area contributed by atoms with Gasteiger partial charge in [0.1, 0.15) is 24.4 Å². The number of aliphatic hydroxyl groups is 4. The second-order valence-electron chi connectivity index (χ2n) is 4.98. The lowest BCUT2D eigenvalue weighted by Gasteiger charge is -2.39.